The monoisotopic (exact) mass is 278 g/mol. The van der Waals surface area contributed by atoms with Gasteiger partial charge in [-0.25, -0.2) is 16.8 Å². The molecule has 0 bridgehead atoms. The normalized spacial score (nSPS) is 12.7. The molecule has 8 heteroatoms. The third-order valence-corrected chi connectivity index (χ3v) is 4.12. The summed E-state index contributed by atoms with van der Waals surface area (Å²) in [6, 6.07) is 3.44. The molecule has 0 amide bonds. The van der Waals surface area contributed by atoms with Crippen LogP contribution >= 0.6 is 0 Å². The van der Waals surface area contributed by atoms with Crippen molar-refractivity contribution >= 4 is 19.7 Å². The van der Waals surface area contributed by atoms with Gasteiger partial charge < -0.3 is 0 Å². The molecule has 0 unspecified atom stereocenters. The molecule has 96 valence electrons. The van der Waals surface area contributed by atoms with Crippen LogP contribution in [0.1, 0.15) is 12.8 Å². The minimum Gasteiger partial charge on any atom is -0.229 e. The van der Waals surface area contributed by atoms with E-state index < -0.39 is 25.1 Å². The molecule has 0 aromatic carbocycles. The second kappa shape index (κ2) is 5.48. The highest BCUT2D eigenvalue weighted by Crippen LogP contribution is 2.26. The topological polar surface area (TPSA) is 116 Å². The van der Waals surface area contributed by atoms with Gasteiger partial charge in [-0.05, 0) is 12.8 Å². The van der Waals surface area contributed by atoms with Gasteiger partial charge in [-0.1, -0.05) is 0 Å². The zero-order chi connectivity index (χ0) is 13.7. The van der Waals surface area contributed by atoms with Gasteiger partial charge in [-0.15, -0.1) is 0 Å². The average Bonchev–Trinajstić information content (AvgIpc) is 2.16. The molecule has 0 aromatic rings. The Morgan fingerprint density at radius 1 is 0.882 bits per heavy atom. The van der Waals surface area contributed by atoms with Crippen molar-refractivity contribution in [1.29, 1.82) is 10.5 Å². The molecule has 0 radical (unpaired) electrons. The second-order valence-corrected chi connectivity index (χ2v) is 8.58. The van der Waals surface area contributed by atoms with E-state index in [0.29, 0.717) is 0 Å². The Morgan fingerprint density at radius 3 is 1.35 bits per heavy atom. The summed E-state index contributed by atoms with van der Waals surface area (Å²) in [7, 11) is -6.57. The number of hydrogen-bond donors (Lipinski definition) is 0. The molecule has 0 heterocycles. The lowest BCUT2D eigenvalue weighted by Gasteiger charge is -2.16. The first-order valence-electron chi connectivity index (χ1n) is 4.71. The van der Waals surface area contributed by atoms with Gasteiger partial charge in [0.15, 0.2) is 0 Å². The highest BCUT2D eigenvalue weighted by Gasteiger charge is 2.32. The van der Waals surface area contributed by atoms with Crippen LogP contribution in [-0.4, -0.2) is 40.9 Å². The quantitative estimate of drug-likeness (QED) is 0.669. The van der Waals surface area contributed by atoms with Crippen molar-refractivity contribution in [2.24, 2.45) is 5.41 Å². The maximum absolute atomic E-state index is 11.0. The van der Waals surface area contributed by atoms with E-state index >= 15 is 0 Å². The Balaban J connectivity index is 4.84. The Morgan fingerprint density at radius 2 is 1.18 bits per heavy atom. The second-order valence-electron chi connectivity index (χ2n) is 4.07. The largest absolute Gasteiger partial charge is 0.229 e. The van der Waals surface area contributed by atoms with E-state index in [1.807, 2.05) is 0 Å². The minimum atomic E-state index is -3.28. The maximum atomic E-state index is 11.0. The first-order valence-corrected chi connectivity index (χ1v) is 8.84. The molecule has 0 N–H and O–H groups in total. The Labute approximate surface area is 102 Å². The van der Waals surface area contributed by atoms with Crippen molar-refractivity contribution in [3.8, 4) is 12.1 Å². The Hall–Kier alpha value is -1.12. The summed E-state index contributed by atoms with van der Waals surface area (Å²) >= 11 is 0. The number of rotatable bonds is 6. The summed E-state index contributed by atoms with van der Waals surface area (Å²) in [5.41, 5.74) is -1.55. The SMILES string of the molecule is CS(=O)(=O)CCC(C#N)(C#N)CCS(C)(=O)=O. The standard InChI is InChI=1S/C9H14N2O4S2/c1-16(12,13)5-3-9(7-10,8-11)4-6-17(2,14)15/h3-6H2,1-2H3. The van der Waals surface area contributed by atoms with Crippen molar-refractivity contribution in [3.63, 3.8) is 0 Å². The van der Waals surface area contributed by atoms with Gasteiger partial charge >= 0.3 is 0 Å². The zero-order valence-electron chi connectivity index (χ0n) is 9.67. The predicted octanol–water partition coefficient (Wildman–Crippen LogP) is -0.111. The molecule has 17 heavy (non-hydrogen) atoms. The summed E-state index contributed by atoms with van der Waals surface area (Å²) in [5.74, 6) is -0.615. The number of nitriles is 2. The first kappa shape index (κ1) is 15.9. The number of sulfone groups is 2. The van der Waals surface area contributed by atoms with E-state index in [4.69, 9.17) is 10.5 Å². The summed E-state index contributed by atoms with van der Waals surface area (Å²) in [6.07, 6.45) is 1.66. The van der Waals surface area contributed by atoms with E-state index in [1.165, 1.54) is 0 Å². The third kappa shape index (κ3) is 6.93. The van der Waals surface area contributed by atoms with Crippen LogP contribution in [0.3, 0.4) is 0 Å². The van der Waals surface area contributed by atoms with Gasteiger partial charge in [0, 0.05) is 12.5 Å². The zero-order valence-corrected chi connectivity index (χ0v) is 11.3. The minimum absolute atomic E-state index is 0.172. The van der Waals surface area contributed by atoms with Gasteiger partial charge in [0.05, 0.1) is 23.6 Å². The van der Waals surface area contributed by atoms with Crippen molar-refractivity contribution in [2.45, 2.75) is 12.8 Å². The van der Waals surface area contributed by atoms with Crippen LogP contribution in [-0.2, 0) is 19.7 Å². The lowest BCUT2D eigenvalue weighted by molar-refractivity contribution is 0.478. The third-order valence-electron chi connectivity index (χ3n) is 2.23. The van der Waals surface area contributed by atoms with Crippen molar-refractivity contribution in [2.75, 3.05) is 24.0 Å². The van der Waals surface area contributed by atoms with E-state index in [1.54, 1.807) is 12.1 Å². The van der Waals surface area contributed by atoms with Crippen molar-refractivity contribution in [3.05, 3.63) is 0 Å². The molecule has 0 saturated heterocycles. The molecule has 0 atom stereocenters. The molecule has 0 aliphatic carbocycles. The molecule has 0 aromatic heterocycles. The van der Waals surface area contributed by atoms with Crippen LogP contribution in [0.15, 0.2) is 0 Å². The summed E-state index contributed by atoms with van der Waals surface area (Å²) in [6.45, 7) is 0. The Bertz CT molecular complexity index is 497. The molecule has 0 aliphatic rings. The van der Waals surface area contributed by atoms with Gasteiger partial charge in [0.1, 0.15) is 25.1 Å². The molecular weight excluding hydrogens is 264 g/mol. The van der Waals surface area contributed by atoms with Crippen LogP contribution in [0.2, 0.25) is 0 Å². The smallest absolute Gasteiger partial charge is 0.147 e. The fourth-order valence-electron chi connectivity index (χ4n) is 1.09. The predicted molar refractivity (Wildman–Crippen MR) is 62.3 cm³/mol. The highest BCUT2D eigenvalue weighted by atomic mass is 32.2. The van der Waals surface area contributed by atoms with Gasteiger partial charge in [0.25, 0.3) is 0 Å². The van der Waals surface area contributed by atoms with Gasteiger partial charge in [-0.2, -0.15) is 10.5 Å². The maximum Gasteiger partial charge on any atom is 0.147 e. The van der Waals surface area contributed by atoms with Gasteiger partial charge in [0.2, 0.25) is 0 Å². The fourth-order valence-corrected chi connectivity index (χ4v) is 2.53. The van der Waals surface area contributed by atoms with E-state index in [-0.39, 0.29) is 24.3 Å². The van der Waals surface area contributed by atoms with Crippen LogP contribution < -0.4 is 0 Å². The first-order chi connectivity index (χ1) is 7.54. The molecule has 0 fully saturated rings. The van der Waals surface area contributed by atoms with Crippen molar-refractivity contribution < 1.29 is 16.8 Å². The molecular formula is C9H14N2O4S2. The van der Waals surface area contributed by atoms with Crippen LogP contribution in [0.4, 0.5) is 0 Å². The summed E-state index contributed by atoms with van der Waals surface area (Å²) in [5, 5.41) is 17.8. The van der Waals surface area contributed by atoms with E-state index in [2.05, 4.69) is 0 Å². The highest BCUT2D eigenvalue weighted by molar-refractivity contribution is 7.90. The molecule has 0 saturated carbocycles. The number of hydrogen-bond acceptors (Lipinski definition) is 6. The Kier molecular flexibility index (Phi) is 5.12. The van der Waals surface area contributed by atoms with Crippen LogP contribution in [0.5, 0.6) is 0 Å². The summed E-state index contributed by atoms with van der Waals surface area (Å²) < 4.78 is 43.9. The van der Waals surface area contributed by atoms with Gasteiger partial charge in [-0.3, -0.25) is 0 Å². The lowest BCUT2D eigenvalue weighted by Crippen LogP contribution is -2.24. The van der Waals surface area contributed by atoms with E-state index in [9.17, 15) is 16.8 Å². The fraction of sp³-hybridized carbons (Fsp3) is 0.778. The molecule has 6 nitrogen and oxygen atoms in total. The molecule has 0 aliphatic heterocycles. The van der Waals surface area contributed by atoms with E-state index in [0.717, 1.165) is 12.5 Å². The van der Waals surface area contributed by atoms with Crippen LogP contribution in [0.25, 0.3) is 0 Å². The van der Waals surface area contributed by atoms with Crippen molar-refractivity contribution in [1.82, 2.24) is 0 Å². The molecule has 0 spiro atoms. The summed E-state index contributed by atoms with van der Waals surface area (Å²) in [4.78, 5) is 0. The number of nitrogens with zero attached hydrogens (tertiary/aromatic N) is 2. The lowest BCUT2D eigenvalue weighted by atomic mass is 9.86. The molecule has 0 rings (SSSR count). The van der Waals surface area contributed by atoms with Crippen LogP contribution in [0, 0.1) is 28.1 Å². The average molecular weight is 278 g/mol.